The van der Waals surface area contributed by atoms with Gasteiger partial charge in [-0.1, -0.05) is 6.92 Å². The predicted molar refractivity (Wildman–Crippen MR) is 83.2 cm³/mol. The molecule has 1 fully saturated rings. The quantitative estimate of drug-likeness (QED) is 0.840. The van der Waals surface area contributed by atoms with Crippen molar-refractivity contribution in [2.75, 3.05) is 57.5 Å². The van der Waals surface area contributed by atoms with Crippen molar-refractivity contribution in [1.29, 1.82) is 0 Å². The fourth-order valence-electron chi connectivity index (χ4n) is 2.54. The first kappa shape index (κ1) is 14.7. The predicted octanol–water partition coefficient (Wildman–Crippen LogP) is 1.11. The van der Waals surface area contributed by atoms with Gasteiger partial charge in [0, 0.05) is 45.8 Å². The number of hydrogen-bond acceptors (Lipinski definition) is 4. The van der Waals surface area contributed by atoms with Crippen LogP contribution in [-0.2, 0) is 0 Å². The van der Waals surface area contributed by atoms with Gasteiger partial charge in [0.05, 0.1) is 11.4 Å². The molecule has 1 aliphatic heterocycles. The molecule has 1 saturated heterocycles. The number of anilines is 2. The number of hydrogen-bond donors (Lipinski definition) is 1. The Balaban J connectivity index is 2.08. The molecule has 2 N–H and O–H groups in total. The molecule has 0 spiro atoms. The third kappa shape index (κ3) is 3.04. The first-order valence-corrected chi connectivity index (χ1v) is 7.11. The Morgan fingerprint density at radius 3 is 2.40 bits per heavy atom. The summed E-state index contributed by atoms with van der Waals surface area (Å²) in [5.41, 5.74) is 8.28. The maximum absolute atomic E-state index is 12.5. The lowest BCUT2D eigenvalue weighted by atomic mass is 10.1. The second-order valence-electron chi connectivity index (χ2n) is 5.39. The molecule has 5 nitrogen and oxygen atoms in total. The minimum atomic E-state index is 0.0813. The molecular weight excluding hydrogens is 252 g/mol. The lowest BCUT2D eigenvalue weighted by Gasteiger charge is -2.34. The van der Waals surface area contributed by atoms with Crippen molar-refractivity contribution in [3.8, 4) is 0 Å². The topological polar surface area (TPSA) is 52.8 Å². The summed E-state index contributed by atoms with van der Waals surface area (Å²) in [5.74, 6) is 0.0813. The molecule has 1 aromatic rings. The van der Waals surface area contributed by atoms with Gasteiger partial charge in [-0.15, -0.1) is 0 Å². The minimum absolute atomic E-state index is 0.0813. The van der Waals surface area contributed by atoms with Gasteiger partial charge in [0.25, 0.3) is 5.91 Å². The lowest BCUT2D eigenvalue weighted by Crippen LogP contribution is -2.48. The van der Waals surface area contributed by atoms with Gasteiger partial charge in [0.15, 0.2) is 0 Å². The SMILES string of the molecule is CCN1CCN(C(=O)c2ccc(N(C)C)c(N)c2)CC1. The Labute approximate surface area is 120 Å². The van der Waals surface area contributed by atoms with Crippen molar-refractivity contribution in [3.63, 3.8) is 0 Å². The molecule has 1 heterocycles. The van der Waals surface area contributed by atoms with Crippen LogP contribution in [0.25, 0.3) is 0 Å². The van der Waals surface area contributed by atoms with Crippen LogP contribution in [-0.4, -0.2) is 62.5 Å². The number of benzene rings is 1. The van der Waals surface area contributed by atoms with E-state index in [0.717, 1.165) is 38.4 Å². The number of piperazine rings is 1. The second kappa shape index (κ2) is 6.13. The van der Waals surface area contributed by atoms with E-state index in [1.165, 1.54) is 0 Å². The average Bonchev–Trinajstić information content (AvgIpc) is 2.46. The third-order valence-electron chi connectivity index (χ3n) is 3.86. The van der Waals surface area contributed by atoms with E-state index in [2.05, 4.69) is 11.8 Å². The Morgan fingerprint density at radius 1 is 1.25 bits per heavy atom. The Hall–Kier alpha value is -1.75. The Bertz CT molecular complexity index is 479. The van der Waals surface area contributed by atoms with Gasteiger partial charge in [-0.3, -0.25) is 4.79 Å². The second-order valence-corrected chi connectivity index (χ2v) is 5.39. The number of carbonyl (C=O) groups excluding carboxylic acids is 1. The Kier molecular flexibility index (Phi) is 4.49. The smallest absolute Gasteiger partial charge is 0.254 e. The maximum Gasteiger partial charge on any atom is 0.254 e. The number of nitrogen functional groups attached to an aromatic ring is 1. The zero-order chi connectivity index (χ0) is 14.7. The molecule has 1 aliphatic rings. The third-order valence-corrected chi connectivity index (χ3v) is 3.86. The first-order chi connectivity index (χ1) is 9.52. The van der Waals surface area contributed by atoms with Crippen LogP contribution < -0.4 is 10.6 Å². The van der Waals surface area contributed by atoms with Crippen LogP contribution in [0.3, 0.4) is 0 Å². The fraction of sp³-hybridized carbons (Fsp3) is 0.533. The van der Waals surface area contributed by atoms with Gasteiger partial charge < -0.3 is 20.4 Å². The van der Waals surface area contributed by atoms with E-state index in [1.807, 2.05) is 36.0 Å². The molecular formula is C15H24N4O. The van der Waals surface area contributed by atoms with Gasteiger partial charge in [0.2, 0.25) is 0 Å². The fourth-order valence-corrected chi connectivity index (χ4v) is 2.54. The molecule has 1 amide bonds. The van der Waals surface area contributed by atoms with Crippen LogP contribution in [0.4, 0.5) is 11.4 Å². The monoisotopic (exact) mass is 276 g/mol. The molecule has 0 bridgehead atoms. The first-order valence-electron chi connectivity index (χ1n) is 7.11. The Morgan fingerprint density at radius 2 is 1.90 bits per heavy atom. The molecule has 110 valence electrons. The standard InChI is InChI=1S/C15H24N4O/c1-4-18-7-9-19(10-8-18)15(20)12-5-6-14(17(2)3)13(16)11-12/h5-6,11H,4,7-10,16H2,1-3H3. The molecule has 20 heavy (non-hydrogen) atoms. The minimum Gasteiger partial charge on any atom is -0.397 e. The summed E-state index contributed by atoms with van der Waals surface area (Å²) in [6, 6.07) is 5.55. The van der Waals surface area contributed by atoms with Crippen molar-refractivity contribution in [1.82, 2.24) is 9.80 Å². The molecule has 0 aliphatic carbocycles. The van der Waals surface area contributed by atoms with Crippen LogP contribution in [0, 0.1) is 0 Å². The number of amides is 1. The maximum atomic E-state index is 12.5. The van der Waals surface area contributed by atoms with E-state index in [0.29, 0.717) is 11.3 Å². The summed E-state index contributed by atoms with van der Waals surface area (Å²) in [4.78, 5) is 18.7. The van der Waals surface area contributed by atoms with Crippen molar-refractivity contribution >= 4 is 17.3 Å². The highest BCUT2D eigenvalue weighted by Crippen LogP contribution is 2.23. The zero-order valence-electron chi connectivity index (χ0n) is 12.6. The molecule has 0 unspecified atom stereocenters. The van der Waals surface area contributed by atoms with Crippen molar-refractivity contribution in [3.05, 3.63) is 23.8 Å². The molecule has 0 radical (unpaired) electrons. The summed E-state index contributed by atoms with van der Waals surface area (Å²) in [6.45, 7) is 6.69. The average molecular weight is 276 g/mol. The van der Waals surface area contributed by atoms with E-state index < -0.39 is 0 Å². The number of carbonyl (C=O) groups is 1. The molecule has 0 saturated carbocycles. The van der Waals surface area contributed by atoms with Crippen LogP contribution in [0.5, 0.6) is 0 Å². The van der Waals surface area contributed by atoms with E-state index >= 15 is 0 Å². The van der Waals surface area contributed by atoms with Gasteiger partial charge in [-0.25, -0.2) is 0 Å². The number of nitrogens with two attached hydrogens (primary N) is 1. The zero-order valence-corrected chi connectivity index (χ0v) is 12.6. The van der Waals surface area contributed by atoms with E-state index in [1.54, 1.807) is 6.07 Å². The highest BCUT2D eigenvalue weighted by atomic mass is 16.2. The molecule has 5 heteroatoms. The number of nitrogens with zero attached hydrogens (tertiary/aromatic N) is 3. The summed E-state index contributed by atoms with van der Waals surface area (Å²) < 4.78 is 0. The summed E-state index contributed by atoms with van der Waals surface area (Å²) in [7, 11) is 3.88. The van der Waals surface area contributed by atoms with Crippen LogP contribution in [0.1, 0.15) is 17.3 Å². The lowest BCUT2D eigenvalue weighted by molar-refractivity contribution is 0.0643. The van der Waals surface area contributed by atoms with Crippen LogP contribution in [0.2, 0.25) is 0 Å². The number of rotatable bonds is 3. The highest BCUT2D eigenvalue weighted by Gasteiger charge is 2.21. The van der Waals surface area contributed by atoms with Gasteiger partial charge in [-0.05, 0) is 24.7 Å². The van der Waals surface area contributed by atoms with Crippen molar-refractivity contribution in [2.24, 2.45) is 0 Å². The molecule has 0 aromatic heterocycles. The van der Waals surface area contributed by atoms with E-state index in [4.69, 9.17) is 5.73 Å². The largest absolute Gasteiger partial charge is 0.397 e. The van der Waals surface area contributed by atoms with E-state index in [-0.39, 0.29) is 5.91 Å². The van der Waals surface area contributed by atoms with Crippen LogP contribution in [0.15, 0.2) is 18.2 Å². The summed E-state index contributed by atoms with van der Waals surface area (Å²) in [5, 5.41) is 0. The highest BCUT2D eigenvalue weighted by molar-refractivity contribution is 5.96. The molecule has 0 atom stereocenters. The summed E-state index contributed by atoms with van der Waals surface area (Å²) in [6.07, 6.45) is 0. The van der Waals surface area contributed by atoms with Gasteiger partial charge >= 0.3 is 0 Å². The normalized spacial score (nSPS) is 16.2. The number of likely N-dealkylation sites (N-methyl/N-ethyl adjacent to an activating group) is 1. The van der Waals surface area contributed by atoms with Crippen molar-refractivity contribution < 1.29 is 4.79 Å². The summed E-state index contributed by atoms with van der Waals surface area (Å²) >= 11 is 0. The van der Waals surface area contributed by atoms with Gasteiger partial charge in [0.1, 0.15) is 0 Å². The van der Waals surface area contributed by atoms with Gasteiger partial charge in [-0.2, -0.15) is 0 Å². The van der Waals surface area contributed by atoms with E-state index in [9.17, 15) is 4.79 Å². The molecule has 1 aromatic carbocycles. The molecule has 2 rings (SSSR count). The van der Waals surface area contributed by atoms with Crippen molar-refractivity contribution in [2.45, 2.75) is 6.92 Å². The van der Waals surface area contributed by atoms with Crippen LogP contribution >= 0.6 is 0 Å².